The third-order valence-corrected chi connectivity index (χ3v) is 3.27. The zero-order valence-electron chi connectivity index (χ0n) is 10.4. The van der Waals surface area contributed by atoms with E-state index in [1.54, 1.807) is 25.3 Å². The second-order valence-corrected chi connectivity index (χ2v) is 4.73. The number of benzene rings is 1. The lowest BCUT2D eigenvalue weighted by molar-refractivity contribution is 0.0918. The van der Waals surface area contributed by atoms with Gasteiger partial charge in [0.05, 0.1) is 19.2 Å². The highest BCUT2D eigenvalue weighted by Crippen LogP contribution is 2.23. The summed E-state index contributed by atoms with van der Waals surface area (Å²) in [5.41, 5.74) is 0.559. The van der Waals surface area contributed by atoms with Gasteiger partial charge in [0, 0.05) is 31.2 Å². The van der Waals surface area contributed by atoms with Gasteiger partial charge >= 0.3 is 0 Å². The average Bonchev–Trinajstić information content (AvgIpc) is 2.40. The van der Waals surface area contributed by atoms with Gasteiger partial charge in [0.2, 0.25) is 0 Å². The molecule has 1 saturated heterocycles. The summed E-state index contributed by atoms with van der Waals surface area (Å²) in [7, 11) is 1.56. The Morgan fingerprint density at radius 1 is 1.44 bits per heavy atom. The fourth-order valence-electron chi connectivity index (χ4n) is 2.06. The van der Waals surface area contributed by atoms with Crippen LogP contribution in [-0.2, 0) is 0 Å². The van der Waals surface area contributed by atoms with Crippen molar-refractivity contribution >= 4 is 17.4 Å². The molecular weight excluding hydrogens is 252 g/mol. The van der Waals surface area contributed by atoms with Crippen LogP contribution in [-0.4, -0.2) is 50.5 Å². The van der Waals surface area contributed by atoms with Gasteiger partial charge in [-0.3, -0.25) is 9.69 Å². The summed E-state index contributed by atoms with van der Waals surface area (Å²) in [6, 6.07) is 5.13. The van der Waals surface area contributed by atoms with Crippen LogP contribution < -0.4 is 10.1 Å². The Bertz CT molecular complexity index is 431. The van der Waals surface area contributed by atoms with Crippen LogP contribution in [0.4, 0.5) is 0 Å². The van der Waals surface area contributed by atoms with Crippen molar-refractivity contribution in [2.75, 3.05) is 39.8 Å². The third kappa shape index (κ3) is 3.22. The van der Waals surface area contributed by atoms with E-state index in [-0.39, 0.29) is 5.78 Å². The minimum atomic E-state index is 0.0521. The van der Waals surface area contributed by atoms with Crippen molar-refractivity contribution in [1.82, 2.24) is 10.2 Å². The number of nitrogens with zero attached hydrogens (tertiary/aromatic N) is 1. The van der Waals surface area contributed by atoms with Crippen molar-refractivity contribution in [1.29, 1.82) is 0 Å². The highest BCUT2D eigenvalue weighted by Gasteiger charge is 2.18. The molecule has 0 radical (unpaired) electrons. The number of rotatable bonds is 4. The Morgan fingerprint density at radius 3 is 2.83 bits per heavy atom. The Hall–Kier alpha value is -1.10. The number of carbonyl (C=O) groups is 1. The molecule has 0 atom stereocenters. The first-order valence-corrected chi connectivity index (χ1v) is 6.38. The molecule has 1 aliphatic rings. The third-order valence-electron chi connectivity index (χ3n) is 3.04. The van der Waals surface area contributed by atoms with E-state index in [9.17, 15) is 4.79 Å². The van der Waals surface area contributed by atoms with Gasteiger partial charge < -0.3 is 10.1 Å². The van der Waals surface area contributed by atoms with Crippen LogP contribution in [0, 0.1) is 0 Å². The van der Waals surface area contributed by atoms with Crippen LogP contribution >= 0.6 is 11.6 Å². The number of nitrogens with one attached hydrogen (secondary N) is 1. The fraction of sp³-hybridized carbons (Fsp3) is 0.462. The first-order chi connectivity index (χ1) is 8.70. The molecule has 0 unspecified atom stereocenters. The Morgan fingerprint density at radius 2 is 2.17 bits per heavy atom. The molecule has 18 heavy (non-hydrogen) atoms. The van der Waals surface area contributed by atoms with E-state index in [0.29, 0.717) is 22.9 Å². The summed E-state index contributed by atoms with van der Waals surface area (Å²) in [6.45, 7) is 4.07. The molecule has 0 aromatic heterocycles. The second kappa shape index (κ2) is 6.18. The number of hydrogen-bond donors (Lipinski definition) is 1. The molecule has 1 aromatic carbocycles. The van der Waals surface area contributed by atoms with Crippen molar-refractivity contribution in [3.63, 3.8) is 0 Å². The highest BCUT2D eigenvalue weighted by atomic mass is 35.5. The van der Waals surface area contributed by atoms with Gasteiger partial charge in [0.15, 0.2) is 5.78 Å². The molecule has 0 spiro atoms. The zero-order valence-corrected chi connectivity index (χ0v) is 11.2. The number of carbonyl (C=O) groups excluding carboxylic acids is 1. The first kappa shape index (κ1) is 13.3. The van der Waals surface area contributed by atoms with E-state index < -0.39 is 0 Å². The van der Waals surface area contributed by atoms with E-state index in [0.717, 1.165) is 26.2 Å². The molecule has 0 aliphatic carbocycles. The van der Waals surface area contributed by atoms with E-state index in [1.807, 2.05) is 0 Å². The largest absolute Gasteiger partial charge is 0.496 e. The van der Waals surface area contributed by atoms with Gasteiger partial charge in [0.1, 0.15) is 5.75 Å². The number of ether oxygens (including phenoxy) is 1. The second-order valence-electron chi connectivity index (χ2n) is 4.29. The Labute approximate surface area is 112 Å². The normalized spacial score (nSPS) is 16.6. The van der Waals surface area contributed by atoms with Crippen molar-refractivity contribution in [2.45, 2.75) is 0 Å². The molecule has 0 amide bonds. The quantitative estimate of drug-likeness (QED) is 0.839. The van der Waals surface area contributed by atoms with Crippen molar-refractivity contribution < 1.29 is 9.53 Å². The van der Waals surface area contributed by atoms with E-state index in [1.165, 1.54) is 0 Å². The molecule has 1 heterocycles. The fourth-order valence-corrected chi connectivity index (χ4v) is 2.23. The van der Waals surface area contributed by atoms with E-state index in [4.69, 9.17) is 16.3 Å². The van der Waals surface area contributed by atoms with Gasteiger partial charge in [-0.2, -0.15) is 0 Å². The van der Waals surface area contributed by atoms with Gasteiger partial charge in [0.25, 0.3) is 0 Å². The molecule has 2 rings (SSSR count). The number of ketones is 1. The molecule has 0 bridgehead atoms. The summed E-state index contributed by atoms with van der Waals surface area (Å²) in [5, 5.41) is 3.82. The topological polar surface area (TPSA) is 41.6 Å². The van der Waals surface area contributed by atoms with E-state index >= 15 is 0 Å². The number of piperazine rings is 1. The van der Waals surface area contributed by atoms with E-state index in [2.05, 4.69) is 10.2 Å². The smallest absolute Gasteiger partial charge is 0.180 e. The van der Waals surface area contributed by atoms with Crippen LogP contribution in [0.25, 0.3) is 0 Å². The molecule has 98 valence electrons. The minimum absolute atomic E-state index is 0.0521. The van der Waals surface area contributed by atoms with Crippen molar-refractivity contribution in [3.8, 4) is 5.75 Å². The molecule has 0 saturated carbocycles. The maximum absolute atomic E-state index is 12.2. The van der Waals surface area contributed by atoms with Crippen LogP contribution in [0.5, 0.6) is 5.75 Å². The lowest BCUT2D eigenvalue weighted by Crippen LogP contribution is -2.45. The van der Waals surface area contributed by atoms with Crippen molar-refractivity contribution in [2.24, 2.45) is 0 Å². The lowest BCUT2D eigenvalue weighted by atomic mass is 10.1. The molecule has 1 aromatic rings. The average molecular weight is 269 g/mol. The van der Waals surface area contributed by atoms with Crippen LogP contribution in [0.3, 0.4) is 0 Å². The maximum atomic E-state index is 12.2. The maximum Gasteiger partial charge on any atom is 0.180 e. The Balaban J connectivity index is 2.09. The van der Waals surface area contributed by atoms with Gasteiger partial charge in [-0.1, -0.05) is 11.6 Å². The number of hydrogen-bond acceptors (Lipinski definition) is 4. The summed E-state index contributed by atoms with van der Waals surface area (Å²) in [4.78, 5) is 14.4. The minimum Gasteiger partial charge on any atom is -0.496 e. The number of halogens is 1. The first-order valence-electron chi connectivity index (χ1n) is 6.00. The number of Topliss-reactive ketones (excluding diaryl/α,β-unsaturated/α-hetero) is 1. The lowest BCUT2D eigenvalue weighted by Gasteiger charge is -2.26. The molecule has 1 aliphatic heterocycles. The molecular formula is C13H17ClN2O2. The Kier molecular flexibility index (Phi) is 4.58. The van der Waals surface area contributed by atoms with Crippen LogP contribution in [0.1, 0.15) is 10.4 Å². The van der Waals surface area contributed by atoms with Crippen molar-refractivity contribution in [3.05, 3.63) is 28.8 Å². The standard InChI is InChI=1S/C13H17ClN2O2/c1-18-13-3-2-10(14)8-11(13)12(17)9-16-6-4-15-5-7-16/h2-3,8,15H,4-7,9H2,1H3. The monoisotopic (exact) mass is 268 g/mol. The number of methoxy groups -OCH3 is 1. The van der Waals surface area contributed by atoms with Gasteiger partial charge in [-0.05, 0) is 18.2 Å². The zero-order chi connectivity index (χ0) is 13.0. The molecule has 5 heteroatoms. The SMILES string of the molecule is COc1ccc(Cl)cc1C(=O)CN1CCNCC1. The van der Waals surface area contributed by atoms with Gasteiger partial charge in [-0.25, -0.2) is 0 Å². The van der Waals surface area contributed by atoms with Crippen LogP contribution in [0.15, 0.2) is 18.2 Å². The van der Waals surface area contributed by atoms with Crippen LogP contribution in [0.2, 0.25) is 5.02 Å². The highest BCUT2D eigenvalue weighted by molar-refractivity contribution is 6.31. The summed E-state index contributed by atoms with van der Waals surface area (Å²) in [5.74, 6) is 0.635. The summed E-state index contributed by atoms with van der Waals surface area (Å²) < 4.78 is 5.20. The predicted molar refractivity (Wildman–Crippen MR) is 71.6 cm³/mol. The molecule has 4 nitrogen and oxygen atoms in total. The predicted octanol–water partition coefficient (Wildman–Crippen LogP) is 1.44. The molecule has 1 fully saturated rings. The summed E-state index contributed by atoms with van der Waals surface area (Å²) in [6.07, 6.45) is 0. The van der Waals surface area contributed by atoms with Gasteiger partial charge in [-0.15, -0.1) is 0 Å². The summed E-state index contributed by atoms with van der Waals surface area (Å²) >= 11 is 5.93. The molecule has 1 N–H and O–H groups in total.